The molecule has 1 atom stereocenters. The molecule has 9 heteroatoms. The number of nitrogens with zero attached hydrogens (tertiary/aromatic N) is 3. The van der Waals surface area contributed by atoms with Crippen LogP contribution in [0.25, 0.3) is 0 Å². The fourth-order valence-electron chi connectivity index (χ4n) is 3.06. The largest absolute Gasteiger partial charge is 0.409 e. The molecule has 0 aliphatic carbocycles. The third kappa shape index (κ3) is 6.87. The zero-order valence-corrected chi connectivity index (χ0v) is 19.4. The number of aryl methyl sites for hydroxylation is 2. The van der Waals surface area contributed by atoms with Crippen molar-refractivity contribution in [2.45, 2.75) is 26.7 Å². The standard InChI is InChI=1S/C22H26Cl2N4O3/c1-13-7-14(2)9-17(8-13)22(29)28(4)11-20(27-31-12-21(25)26-30)15(3)16-5-6-18(23)19(24)10-16/h5-10,15,30H,11-12H2,1-4H3,(H2,25,26)/b27-20-. The van der Waals surface area contributed by atoms with Crippen molar-refractivity contribution in [3.05, 3.63) is 68.7 Å². The first-order valence-electron chi connectivity index (χ1n) is 9.56. The third-order valence-corrected chi connectivity index (χ3v) is 5.42. The Kier molecular flexibility index (Phi) is 8.71. The number of hydrogen-bond acceptors (Lipinski definition) is 5. The van der Waals surface area contributed by atoms with Gasteiger partial charge in [0, 0.05) is 18.5 Å². The van der Waals surface area contributed by atoms with Gasteiger partial charge in [-0.25, -0.2) is 0 Å². The lowest BCUT2D eigenvalue weighted by Gasteiger charge is -2.22. The molecule has 0 saturated carbocycles. The smallest absolute Gasteiger partial charge is 0.253 e. The summed E-state index contributed by atoms with van der Waals surface area (Å²) >= 11 is 12.2. The van der Waals surface area contributed by atoms with E-state index in [4.69, 9.17) is 39.0 Å². The number of halogens is 2. The van der Waals surface area contributed by atoms with E-state index in [-0.39, 0.29) is 30.8 Å². The van der Waals surface area contributed by atoms with Crippen molar-refractivity contribution >= 4 is 40.7 Å². The molecule has 0 heterocycles. The molecule has 3 N–H and O–H groups in total. The summed E-state index contributed by atoms with van der Waals surface area (Å²) in [5.74, 6) is -0.501. The van der Waals surface area contributed by atoms with E-state index >= 15 is 0 Å². The zero-order chi connectivity index (χ0) is 23.1. The summed E-state index contributed by atoms with van der Waals surface area (Å²) < 4.78 is 0. The minimum atomic E-state index is -0.239. The monoisotopic (exact) mass is 464 g/mol. The van der Waals surface area contributed by atoms with Crippen molar-refractivity contribution in [2.75, 3.05) is 20.2 Å². The minimum absolute atomic E-state index is 0.120. The second kappa shape index (κ2) is 11.0. The van der Waals surface area contributed by atoms with Crippen LogP contribution < -0.4 is 5.73 Å². The van der Waals surface area contributed by atoms with Crippen LogP contribution in [0.5, 0.6) is 0 Å². The maximum absolute atomic E-state index is 13.0. The highest BCUT2D eigenvalue weighted by molar-refractivity contribution is 6.42. The first-order valence-corrected chi connectivity index (χ1v) is 10.3. The Morgan fingerprint density at radius 1 is 1.16 bits per heavy atom. The second-order valence-electron chi connectivity index (χ2n) is 7.38. The van der Waals surface area contributed by atoms with Gasteiger partial charge in [-0.05, 0) is 43.7 Å². The van der Waals surface area contributed by atoms with Crippen LogP contribution in [-0.4, -0.2) is 47.8 Å². The van der Waals surface area contributed by atoms with Crippen molar-refractivity contribution in [1.29, 1.82) is 0 Å². The number of rotatable bonds is 8. The summed E-state index contributed by atoms with van der Waals surface area (Å²) in [5, 5.41) is 16.6. The molecule has 1 unspecified atom stereocenters. The van der Waals surface area contributed by atoms with Gasteiger partial charge >= 0.3 is 0 Å². The molecule has 7 nitrogen and oxygen atoms in total. The molecule has 0 aromatic heterocycles. The van der Waals surface area contributed by atoms with Gasteiger partial charge in [-0.1, -0.05) is 63.7 Å². The van der Waals surface area contributed by atoms with Crippen molar-refractivity contribution in [3.63, 3.8) is 0 Å². The van der Waals surface area contributed by atoms with E-state index in [0.717, 1.165) is 16.7 Å². The number of hydrogen-bond donors (Lipinski definition) is 2. The number of amides is 1. The normalized spacial score (nSPS) is 13.1. The fraction of sp³-hybridized carbons (Fsp3) is 0.318. The third-order valence-electron chi connectivity index (χ3n) is 4.68. The zero-order valence-electron chi connectivity index (χ0n) is 17.9. The van der Waals surface area contributed by atoms with Crippen molar-refractivity contribution < 1.29 is 14.8 Å². The first-order chi connectivity index (χ1) is 14.6. The maximum Gasteiger partial charge on any atom is 0.253 e. The number of nitrogens with two attached hydrogens (primary N) is 1. The molecular weight excluding hydrogens is 439 g/mol. The van der Waals surface area contributed by atoms with Gasteiger partial charge in [-0.2, -0.15) is 0 Å². The predicted octanol–water partition coefficient (Wildman–Crippen LogP) is 4.60. The highest BCUT2D eigenvalue weighted by atomic mass is 35.5. The average molecular weight is 465 g/mol. The van der Waals surface area contributed by atoms with Crippen molar-refractivity contribution in [1.82, 2.24) is 4.90 Å². The molecule has 2 rings (SSSR count). The van der Waals surface area contributed by atoms with Gasteiger partial charge in [0.15, 0.2) is 12.4 Å². The van der Waals surface area contributed by atoms with Crippen LogP contribution in [0.3, 0.4) is 0 Å². The van der Waals surface area contributed by atoms with E-state index in [9.17, 15) is 4.79 Å². The van der Waals surface area contributed by atoms with Gasteiger partial charge in [-0.3, -0.25) is 4.79 Å². The Morgan fingerprint density at radius 2 is 1.81 bits per heavy atom. The topological polar surface area (TPSA) is 101 Å². The van der Waals surface area contributed by atoms with Crippen LogP contribution in [-0.2, 0) is 4.84 Å². The molecule has 2 aromatic carbocycles. The van der Waals surface area contributed by atoms with E-state index in [1.165, 1.54) is 0 Å². The Balaban J connectivity index is 2.29. The number of carbonyl (C=O) groups is 1. The van der Waals surface area contributed by atoms with E-state index in [0.29, 0.717) is 21.3 Å². The second-order valence-corrected chi connectivity index (χ2v) is 8.19. The van der Waals surface area contributed by atoms with Gasteiger partial charge in [0.1, 0.15) is 0 Å². The van der Waals surface area contributed by atoms with Crippen LogP contribution in [0, 0.1) is 13.8 Å². The van der Waals surface area contributed by atoms with Gasteiger partial charge in [-0.15, -0.1) is 0 Å². The van der Waals surface area contributed by atoms with Crippen LogP contribution >= 0.6 is 23.2 Å². The lowest BCUT2D eigenvalue weighted by atomic mass is 9.95. The number of carbonyl (C=O) groups excluding carboxylic acids is 1. The number of benzene rings is 2. The van der Waals surface area contributed by atoms with Crippen LogP contribution in [0.2, 0.25) is 10.0 Å². The van der Waals surface area contributed by atoms with Crippen molar-refractivity contribution in [2.24, 2.45) is 16.0 Å². The Hall–Kier alpha value is -2.77. The maximum atomic E-state index is 13.0. The molecule has 0 saturated heterocycles. The van der Waals surface area contributed by atoms with E-state index < -0.39 is 0 Å². The average Bonchev–Trinajstić information content (AvgIpc) is 2.72. The highest BCUT2D eigenvalue weighted by Gasteiger charge is 2.21. The molecule has 0 bridgehead atoms. The van der Waals surface area contributed by atoms with E-state index in [2.05, 4.69) is 10.3 Å². The molecule has 1 amide bonds. The lowest BCUT2D eigenvalue weighted by molar-refractivity contribution is 0.0812. The Labute approximate surface area is 192 Å². The Morgan fingerprint density at radius 3 is 2.39 bits per heavy atom. The minimum Gasteiger partial charge on any atom is -0.409 e. The SMILES string of the molecule is Cc1cc(C)cc(C(=O)N(C)C/C(=N/OC/C(N)=N\O)C(C)c2ccc(Cl)c(Cl)c2)c1. The van der Waals surface area contributed by atoms with Gasteiger partial charge in [0.25, 0.3) is 5.91 Å². The molecular formula is C22H26Cl2N4O3. The van der Waals surface area contributed by atoms with Crippen LogP contribution in [0.1, 0.15) is 39.9 Å². The first kappa shape index (κ1) is 24.5. The predicted molar refractivity (Wildman–Crippen MR) is 125 cm³/mol. The number of oxime groups is 2. The summed E-state index contributed by atoms with van der Waals surface area (Å²) in [6, 6.07) is 11.0. The lowest BCUT2D eigenvalue weighted by Crippen LogP contribution is -2.34. The summed E-state index contributed by atoms with van der Waals surface area (Å²) in [4.78, 5) is 19.8. The summed E-state index contributed by atoms with van der Waals surface area (Å²) in [5.41, 5.74) is 9.48. The van der Waals surface area contributed by atoms with Crippen LogP contribution in [0.4, 0.5) is 0 Å². The quantitative estimate of drug-likeness (QED) is 0.257. The van der Waals surface area contributed by atoms with Crippen LogP contribution in [0.15, 0.2) is 46.7 Å². The summed E-state index contributed by atoms with van der Waals surface area (Å²) in [6.45, 7) is 5.82. The molecule has 0 fully saturated rings. The summed E-state index contributed by atoms with van der Waals surface area (Å²) in [7, 11) is 1.70. The number of amidine groups is 1. The van der Waals surface area contributed by atoms with E-state index in [1.807, 2.05) is 45.0 Å². The van der Waals surface area contributed by atoms with E-state index in [1.54, 1.807) is 24.1 Å². The molecule has 166 valence electrons. The Bertz CT molecular complexity index is 988. The molecule has 0 aliphatic rings. The molecule has 2 aromatic rings. The molecule has 31 heavy (non-hydrogen) atoms. The fourth-order valence-corrected chi connectivity index (χ4v) is 3.37. The molecule has 0 aliphatic heterocycles. The van der Waals surface area contributed by atoms with Gasteiger partial charge in [0.2, 0.25) is 0 Å². The highest BCUT2D eigenvalue weighted by Crippen LogP contribution is 2.27. The molecule has 0 radical (unpaired) electrons. The van der Waals surface area contributed by atoms with Crippen molar-refractivity contribution in [3.8, 4) is 0 Å². The molecule has 0 spiro atoms. The summed E-state index contributed by atoms with van der Waals surface area (Å²) in [6.07, 6.45) is 0. The van der Waals surface area contributed by atoms with Gasteiger partial charge in [0.05, 0.1) is 22.3 Å². The van der Waals surface area contributed by atoms with Gasteiger partial charge < -0.3 is 20.7 Å².